The van der Waals surface area contributed by atoms with E-state index >= 15 is 0 Å². The average molecular weight is 191 g/mol. The highest BCUT2D eigenvalue weighted by Crippen LogP contribution is 2.21. The zero-order valence-corrected chi connectivity index (χ0v) is 8.35. The minimum Gasteiger partial charge on any atom is -0.119 e. The first-order valence-electron chi connectivity index (χ1n) is 4.86. The summed E-state index contributed by atoms with van der Waals surface area (Å²) in [7, 11) is 0. The average Bonchev–Trinajstić information content (AvgIpc) is 2.33. The van der Waals surface area contributed by atoms with Crippen molar-refractivity contribution in [3.05, 3.63) is 77.7 Å². The minimum absolute atomic E-state index is 0.941. The molecule has 0 amide bonds. The molecule has 71 valence electrons. The Bertz CT molecular complexity index is 409. The largest absolute Gasteiger partial charge is 0.119 e. The van der Waals surface area contributed by atoms with Crippen molar-refractivity contribution in [2.24, 2.45) is 0 Å². The highest BCUT2D eigenvalue weighted by atomic mass is 14.1. The second-order valence-electron chi connectivity index (χ2n) is 3.25. The summed E-state index contributed by atoms with van der Waals surface area (Å²) < 4.78 is 0. The maximum Gasteiger partial charge on any atom is 0.106 e. The van der Waals surface area contributed by atoms with Gasteiger partial charge in [-0.2, -0.15) is 0 Å². The fourth-order valence-corrected chi connectivity index (χ4v) is 1.54. The van der Waals surface area contributed by atoms with Crippen molar-refractivity contribution in [1.29, 1.82) is 0 Å². The topological polar surface area (TPSA) is 0 Å². The monoisotopic (exact) mass is 191 g/mol. The van der Waals surface area contributed by atoms with Crippen LogP contribution in [0.4, 0.5) is 0 Å². The lowest BCUT2D eigenvalue weighted by Gasteiger charge is -2.09. The molecule has 0 N–H and O–H groups in total. The zero-order chi connectivity index (χ0) is 10.5. The summed E-state index contributed by atoms with van der Waals surface area (Å²) in [6.07, 6.45) is 5.55. The predicted octanol–water partition coefficient (Wildman–Crippen LogP) is 3.29. The van der Waals surface area contributed by atoms with Crippen LogP contribution in [-0.2, 0) is 0 Å². The fourth-order valence-electron chi connectivity index (χ4n) is 1.54. The molecule has 0 saturated heterocycles. The summed E-state index contributed by atoms with van der Waals surface area (Å²) in [6.45, 7) is 0. The van der Waals surface area contributed by atoms with E-state index in [1.54, 1.807) is 0 Å². The minimum atomic E-state index is 0.941. The van der Waals surface area contributed by atoms with E-state index in [1.165, 1.54) is 0 Å². The molecule has 0 aliphatic heterocycles. The fraction of sp³-hybridized carbons (Fsp3) is 0. The third kappa shape index (κ3) is 2.08. The van der Waals surface area contributed by atoms with Crippen LogP contribution in [0.25, 0.3) is 0 Å². The van der Waals surface area contributed by atoms with Gasteiger partial charge < -0.3 is 0 Å². The quantitative estimate of drug-likeness (QED) is 0.639. The lowest BCUT2D eigenvalue weighted by Crippen LogP contribution is -1.98. The van der Waals surface area contributed by atoms with Gasteiger partial charge in [-0.1, -0.05) is 66.6 Å². The lowest BCUT2D eigenvalue weighted by molar-refractivity contribution is 1.32. The molecule has 0 heteroatoms. The van der Waals surface area contributed by atoms with E-state index in [0.717, 1.165) is 17.0 Å². The molecule has 1 radical (unpaired) electrons. The van der Waals surface area contributed by atoms with Crippen LogP contribution in [0.5, 0.6) is 0 Å². The molecule has 0 fully saturated rings. The first kappa shape index (κ1) is 9.55. The second kappa shape index (κ2) is 4.48. The Hall–Kier alpha value is -2.00. The maximum absolute atomic E-state index is 5.55. The lowest BCUT2D eigenvalue weighted by atomic mass is 9.92. The number of terminal acetylenes is 1. The number of rotatable bonds is 2. The molecular formula is C15H11. The summed E-state index contributed by atoms with van der Waals surface area (Å²) in [5, 5.41) is 0. The Morgan fingerprint density at radius 2 is 1.13 bits per heavy atom. The number of hydrogen-bond donors (Lipinski definition) is 0. The van der Waals surface area contributed by atoms with E-state index in [2.05, 4.69) is 5.92 Å². The van der Waals surface area contributed by atoms with Gasteiger partial charge in [0.2, 0.25) is 0 Å². The molecule has 0 aliphatic rings. The Morgan fingerprint density at radius 3 is 1.47 bits per heavy atom. The molecular weight excluding hydrogens is 180 g/mol. The third-order valence-electron chi connectivity index (χ3n) is 2.27. The molecule has 0 bridgehead atoms. The zero-order valence-electron chi connectivity index (χ0n) is 8.35. The van der Waals surface area contributed by atoms with Crippen LogP contribution in [0.15, 0.2) is 60.7 Å². The van der Waals surface area contributed by atoms with Crippen LogP contribution in [0.1, 0.15) is 11.1 Å². The summed E-state index contributed by atoms with van der Waals surface area (Å²) in [4.78, 5) is 0. The van der Waals surface area contributed by atoms with Crippen LogP contribution < -0.4 is 0 Å². The van der Waals surface area contributed by atoms with Crippen LogP contribution in [0, 0.1) is 18.3 Å². The van der Waals surface area contributed by atoms with Gasteiger partial charge in [0.1, 0.15) is 5.92 Å². The third-order valence-corrected chi connectivity index (χ3v) is 2.27. The van der Waals surface area contributed by atoms with E-state index in [-0.39, 0.29) is 0 Å². The van der Waals surface area contributed by atoms with Crippen molar-refractivity contribution in [3.8, 4) is 12.3 Å². The molecule has 0 unspecified atom stereocenters. The van der Waals surface area contributed by atoms with E-state index in [4.69, 9.17) is 6.42 Å². The summed E-state index contributed by atoms with van der Waals surface area (Å²) in [5.74, 6) is 3.69. The number of hydrogen-bond acceptors (Lipinski definition) is 0. The molecule has 15 heavy (non-hydrogen) atoms. The number of benzene rings is 2. The van der Waals surface area contributed by atoms with Crippen LogP contribution in [-0.4, -0.2) is 0 Å². The molecule has 0 spiro atoms. The van der Waals surface area contributed by atoms with Gasteiger partial charge in [0.25, 0.3) is 0 Å². The highest BCUT2D eigenvalue weighted by Gasteiger charge is 2.10. The molecule has 0 saturated carbocycles. The normalized spacial score (nSPS) is 9.87. The SMILES string of the molecule is C#C[C](c1ccccc1)c1ccccc1. The molecule has 0 aliphatic carbocycles. The molecule has 2 rings (SSSR count). The predicted molar refractivity (Wildman–Crippen MR) is 63.2 cm³/mol. The van der Waals surface area contributed by atoms with E-state index in [0.29, 0.717) is 0 Å². The van der Waals surface area contributed by atoms with Crippen molar-refractivity contribution in [2.75, 3.05) is 0 Å². The van der Waals surface area contributed by atoms with Gasteiger partial charge in [-0.25, -0.2) is 0 Å². The Morgan fingerprint density at radius 1 is 0.733 bits per heavy atom. The van der Waals surface area contributed by atoms with Crippen molar-refractivity contribution < 1.29 is 0 Å². The molecule has 2 aromatic carbocycles. The molecule has 0 aromatic heterocycles. The molecule has 0 heterocycles. The first-order chi connectivity index (χ1) is 7.42. The molecule has 2 aromatic rings. The van der Waals surface area contributed by atoms with Gasteiger partial charge in [0, 0.05) is 0 Å². The summed E-state index contributed by atoms with van der Waals surface area (Å²) >= 11 is 0. The Kier molecular flexibility index (Phi) is 2.85. The van der Waals surface area contributed by atoms with Crippen molar-refractivity contribution >= 4 is 0 Å². The first-order valence-corrected chi connectivity index (χ1v) is 4.86. The van der Waals surface area contributed by atoms with Gasteiger partial charge in [-0.3, -0.25) is 0 Å². The Labute approximate surface area is 90.6 Å². The summed E-state index contributed by atoms with van der Waals surface area (Å²) in [5.41, 5.74) is 2.18. The van der Waals surface area contributed by atoms with Crippen molar-refractivity contribution in [3.63, 3.8) is 0 Å². The summed E-state index contributed by atoms with van der Waals surface area (Å²) in [6, 6.07) is 20.1. The highest BCUT2D eigenvalue weighted by molar-refractivity contribution is 5.54. The van der Waals surface area contributed by atoms with Gasteiger partial charge in [-0.05, 0) is 11.1 Å². The van der Waals surface area contributed by atoms with E-state index in [9.17, 15) is 0 Å². The standard InChI is InChI=1S/C15H11/c1-2-15(13-9-5-3-6-10-13)14-11-7-4-8-12-14/h1,3-12H. The van der Waals surface area contributed by atoms with E-state index < -0.39 is 0 Å². The van der Waals surface area contributed by atoms with Crippen LogP contribution in [0.2, 0.25) is 0 Å². The van der Waals surface area contributed by atoms with Gasteiger partial charge in [0.05, 0.1) is 0 Å². The van der Waals surface area contributed by atoms with Crippen LogP contribution >= 0.6 is 0 Å². The molecule has 0 nitrogen and oxygen atoms in total. The van der Waals surface area contributed by atoms with Gasteiger partial charge in [0.15, 0.2) is 0 Å². The van der Waals surface area contributed by atoms with Gasteiger partial charge in [-0.15, -0.1) is 6.42 Å². The Balaban J connectivity index is 2.39. The van der Waals surface area contributed by atoms with Gasteiger partial charge >= 0.3 is 0 Å². The second-order valence-corrected chi connectivity index (χ2v) is 3.25. The molecule has 0 atom stereocenters. The smallest absolute Gasteiger partial charge is 0.106 e. The maximum atomic E-state index is 5.55. The van der Waals surface area contributed by atoms with Crippen molar-refractivity contribution in [1.82, 2.24) is 0 Å². The van der Waals surface area contributed by atoms with E-state index in [1.807, 2.05) is 60.7 Å². The van der Waals surface area contributed by atoms with Crippen molar-refractivity contribution in [2.45, 2.75) is 0 Å². The van der Waals surface area contributed by atoms with Crippen LogP contribution in [0.3, 0.4) is 0 Å².